The van der Waals surface area contributed by atoms with Crippen LogP contribution in [0.1, 0.15) is 0 Å². The predicted molar refractivity (Wildman–Crippen MR) is 98.5 cm³/mol. The van der Waals surface area contributed by atoms with Gasteiger partial charge in [-0.1, -0.05) is 17.7 Å². The molecule has 142 valence electrons. The minimum atomic E-state index is -4.13. The van der Waals surface area contributed by atoms with Gasteiger partial charge in [0.2, 0.25) is 20.0 Å². The monoisotopic (exact) mass is 439 g/mol. The number of nitrogens with one attached hydrogen (secondary N) is 2. The van der Waals surface area contributed by atoms with Crippen molar-refractivity contribution in [3.8, 4) is 0 Å². The summed E-state index contributed by atoms with van der Waals surface area (Å²) in [7, 11) is -11.7. The zero-order valence-corrected chi connectivity index (χ0v) is 16.4. The SMILES string of the molecule is CS(=O)(=O)Nc1ccc(NS(=O)(=O)c2cccc(S(N)(=O)=O)c2)cc1Cl. The average Bonchev–Trinajstić information content (AvgIpc) is 2.48. The Hall–Kier alpha value is -1.86. The van der Waals surface area contributed by atoms with E-state index in [1.807, 2.05) is 0 Å². The number of primary sulfonamides is 1. The van der Waals surface area contributed by atoms with E-state index < -0.39 is 30.1 Å². The van der Waals surface area contributed by atoms with Gasteiger partial charge in [0.25, 0.3) is 10.0 Å². The Morgan fingerprint density at radius 1 is 0.885 bits per heavy atom. The molecule has 0 bridgehead atoms. The molecule has 0 aliphatic carbocycles. The molecule has 2 aromatic carbocycles. The van der Waals surface area contributed by atoms with E-state index in [0.29, 0.717) is 0 Å². The molecule has 0 spiro atoms. The van der Waals surface area contributed by atoms with Gasteiger partial charge in [0.1, 0.15) is 0 Å². The predicted octanol–water partition coefficient (Wildman–Crippen LogP) is 1.16. The summed E-state index contributed by atoms with van der Waals surface area (Å²) in [5.74, 6) is 0. The van der Waals surface area contributed by atoms with E-state index in [1.165, 1.54) is 30.3 Å². The van der Waals surface area contributed by atoms with Crippen LogP contribution < -0.4 is 14.6 Å². The van der Waals surface area contributed by atoms with Crippen molar-refractivity contribution in [2.45, 2.75) is 9.79 Å². The first-order valence-electron chi connectivity index (χ1n) is 6.71. The Labute approximate surface area is 156 Å². The zero-order valence-electron chi connectivity index (χ0n) is 13.2. The van der Waals surface area contributed by atoms with Crippen molar-refractivity contribution in [3.05, 3.63) is 47.5 Å². The number of rotatable bonds is 6. The van der Waals surface area contributed by atoms with Crippen LogP contribution in [0.4, 0.5) is 11.4 Å². The first-order valence-corrected chi connectivity index (χ1v) is 12.0. The number of hydrogen-bond donors (Lipinski definition) is 3. The first-order chi connectivity index (χ1) is 11.8. The third-order valence-corrected chi connectivity index (χ3v) is 6.15. The summed E-state index contributed by atoms with van der Waals surface area (Å²) in [6.07, 6.45) is 0.943. The molecule has 0 atom stereocenters. The van der Waals surface area contributed by atoms with Crippen LogP contribution in [0.15, 0.2) is 52.3 Å². The lowest BCUT2D eigenvalue weighted by Crippen LogP contribution is -2.16. The molecule has 0 heterocycles. The average molecular weight is 440 g/mol. The second-order valence-corrected chi connectivity index (χ2v) is 10.6. The van der Waals surface area contributed by atoms with Gasteiger partial charge in [-0.25, -0.2) is 30.4 Å². The summed E-state index contributed by atoms with van der Waals surface area (Å²) in [6, 6.07) is 8.28. The molecule has 0 aromatic heterocycles. The number of benzene rings is 2. The van der Waals surface area contributed by atoms with Crippen molar-refractivity contribution >= 4 is 53.0 Å². The number of halogens is 1. The van der Waals surface area contributed by atoms with E-state index in [0.717, 1.165) is 18.4 Å². The highest BCUT2D eigenvalue weighted by atomic mass is 35.5. The third-order valence-electron chi connectivity index (χ3n) is 2.96. The quantitative estimate of drug-likeness (QED) is 0.613. The van der Waals surface area contributed by atoms with Crippen LogP contribution >= 0.6 is 11.6 Å². The minimum Gasteiger partial charge on any atom is -0.282 e. The molecule has 0 radical (unpaired) electrons. The van der Waals surface area contributed by atoms with Crippen molar-refractivity contribution in [2.24, 2.45) is 5.14 Å². The van der Waals surface area contributed by atoms with E-state index in [1.54, 1.807) is 0 Å². The van der Waals surface area contributed by atoms with Crippen molar-refractivity contribution in [2.75, 3.05) is 15.7 Å². The molecule has 2 rings (SSSR count). The summed E-state index contributed by atoms with van der Waals surface area (Å²) in [5.41, 5.74) is 0.128. The van der Waals surface area contributed by atoms with E-state index in [-0.39, 0.29) is 26.2 Å². The van der Waals surface area contributed by atoms with Crippen LogP contribution in [0, 0.1) is 0 Å². The molecule has 13 heteroatoms. The summed E-state index contributed by atoms with van der Waals surface area (Å²) in [4.78, 5) is -0.676. The molecular formula is C13H14ClN3O6S3. The van der Waals surface area contributed by atoms with Gasteiger partial charge in [-0.15, -0.1) is 0 Å². The van der Waals surface area contributed by atoms with Crippen LogP contribution in [0.5, 0.6) is 0 Å². The maximum Gasteiger partial charge on any atom is 0.261 e. The van der Waals surface area contributed by atoms with Crippen molar-refractivity contribution in [1.29, 1.82) is 0 Å². The number of anilines is 2. The molecule has 9 nitrogen and oxygen atoms in total. The van der Waals surface area contributed by atoms with Gasteiger partial charge in [-0.05, 0) is 36.4 Å². The molecule has 0 saturated heterocycles. The van der Waals surface area contributed by atoms with Gasteiger partial charge < -0.3 is 0 Å². The molecular weight excluding hydrogens is 426 g/mol. The second kappa shape index (κ2) is 7.04. The zero-order chi connectivity index (χ0) is 19.8. The van der Waals surface area contributed by atoms with Gasteiger partial charge in [-0.3, -0.25) is 9.44 Å². The lowest BCUT2D eigenvalue weighted by molar-refractivity contribution is 0.596. The fourth-order valence-electron chi connectivity index (χ4n) is 1.89. The van der Waals surface area contributed by atoms with E-state index in [2.05, 4.69) is 9.44 Å². The van der Waals surface area contributed by atoms with E-state index in [4.69, 9.17) is 16.7 Å². The van der Waals surface area contributed by atoms with E-state index >= 15 is 0 Å². The summed E-state index contributed by atoms with van der Waals surface area (Å²) in [6.45, 7) is 0. The lowest BCUT2D eigenvalue weighted by Gasteiger charge is -2.11. The standard InChI is InChI=1S/C13H14ClN3O6S3/c1-24(18,19)17-13-6-5-9(7-12(13)14)16-26(22,23)11-4-2-3-10(8-11)25(15,20)21/h2-8,16-17H,1H3,(H2,15,20,21). The fourth-order valence-corrected chi connectivity index (χ4v) is 4.48. The minimum absolute atomic E-state index is 0.0334. The smallest absolute Gasteiger partial charge is 0.261 e. The second-order valence-electron chi connectivity index (χ2n) is 5.19. The first kappa shape index (κ1) is 20.5. The molecule has 2 aromatic rings. The number of hydrogen-bond acceptors (Lipinski definition) is 6. The lowest BCUT2D eigenvalue weighted by atomic mass is 10.3. The van der Waals surface area contributed by atoms with Gasteiger partial charge >= 0.3 is 0 Å². The maximum atomic E-state index is 12.4. The fraction of sp³-hybridized carbons (Fsp3) is 0.0769. The molecule has 0 aliphatic heterocycles. The number of nitrogens with two attached hydrogens (primary N) is 1. The molecule has 0 unspecified atom stereocenters. The Morgan fingerprint density at radius 3 is 2.04 bits per heavy atom. The Morgan fingerprint density at radius 2 is 1.50 bits per heavy atom. The molecule has 0 fully saturated rings. The van der Waals surface area contributed by atoms with Gasteiger partial charge in [-0.2, -0.15) is 0 Å². The van der Waals surface area contributed by atoms with Gasteiger partial charge in [0.05, 0.1) is 32.4 Å². The van der Waals surface area contributed by atoms with Crippen LogP contribution in [0.25, 0.3) is 0 Å². The highest BCUT2D eigenvalue weighted by molar-refractivity contribution is 7.93. The molecule has 26 heavy (non-hydrogen) atoms. The normalized spacial score (nSPS) is 12.6. The summed E-state index contributed by atoms with van der Waals surface area (Å²) >= 11 is 5.94. The van der Waals surface area contributed by atoms with Crippen LogP contribution in [0.3, 0.4) is 0 Å². The van der Waals surface area contributed by atoms with Crippen molar-refractivity contribution in [1.82, 2.24) is 0 Å². The topological polar surface area (TPSA) is 152 Å². The molecule has 0 aliphatic rings. The molecule has 0 saturated carbocycles. The Balaban J connectivity index is 2.34. The van der Waals surface area contributed by atoms with Crippen LogP contribution in [0.2, 0.25) is 5.02 Å². The molecule has 0 amide bonds. The van der Waals surface area contributed by atoms with Gasteiger partial charge in [0, 0.05) is 0 Å². The van der Waals surface area contributed by atoms with Crippen LogP contribution in [-0.2, 0) is 30.1 Å². The summed E-state index contributed by atoms with van der Waals surface area (Å²) < 4.78 is 74.4. The Bertz CT molecular complexity index is 1160. The molecule has 4 N–H and O–H groups in total. The highest BCUT2D eigenvalue weighted by Crippen LogP contribution is 2.27. The Kier molecular flexibility index (Phi) is 5.54. The third kappa shape index (κ3) is 5.32. The van der Waals surface area contributed by atoms with Gasteiger partial charge in [0.15, 0.2) is 0 Å². The van der Waals surface area contributed by atoms with Crippen LogP contribution in [-0.4, -0.2) is 31.5 Å². The maximum absolute atomic E-state index is 12.4. The van der Waals surface area contributed by atoms with E-state index in [9.17, 15) is 25.3 Å². The number of sulfonamides is 3. The van der Waals surface area contributed by atoms with Crippen molar-refractivity contribution in [3.63, 3.8) is 0 Å². The highest BCUT2D eigenvalue weighted by Gasteiger charge is 2.18. The largest absolute Gasteiger partial charge is 0.282 e. The summed E-state index contributed by atoms with van der Waals surface area (Å²) in [5, 5.41) is 4.96. The van der Waals surface area contributed by atoms with Crippen molar-refractivity contribution < 1.29 is 25.3 Å².